The summed E-state index contributed by atoms with van der Waals surface area (Å²) in [5.41, 5.74) is 2.67. The third kappa shape index (κ3) is 5.08. The summed E-state index contributed by atoms with van der Waals surface area (Å²) in [5, 5.41) is 5.01. The van der Waals surface area contributed by atoms with Crippen molar-refractivity contribution in [1.82, 2.24) is 4.90 Å². The number of hydrogen-bond acceptors (Lipinski definition) is 5. The zero-order valence-corrected chi connectivity index (χ0v) is 19.8. The second kappa shape index (κ2) is 9.90. The molecule has 2 aliphatic rings. The van der Waals surface area contributed by atoms with E-state index in [1.807, 2.05) is 12.1 Å². The van der Waals surface area contributed by atoms with Gasteiger partial charge in [-0.2, -0.15) is 0 Å². The molecular weight excluding hydrogens is 455 g/mol. The molecule has 1 aliphatic carbocycles. The van der Waals surface area contributed by atoms with Gasteiger partial charge in [-0.15, -0.1) is 11.3 Å². The van der Waals surface area contributed by atoms with Crippen molar-refractivity contribution in [3.8, 4) is 0 Å². The predicted octanol–water partition coefficient (Wildman–Crippen LogP) is 5.57. The van der Waals surface area contributed by atoms with E-state index >= 15 is 0 Å². The van der Waals surface area contributed by atoms with Gasteiger partial charge in [0.05, 0.1) is 12.7 Å². The fourth-order valence-electron chi connectivity index (χ4n) is 4.43. The number of piperidine rings is 1. The number of amides is 1. The molecule has 0 radical (unpaired) electrons. The van der Waals surface area contributed by atoms with E-state index in [9.17, 15) is 9.59 Å². The Balaban J connectivity index is 1.38. The van der Waals surface area contributed by atoms with Gasteiger partial charge in [-0.25, -0.2) is 4.79 Å². The van der Waals surface area contributed by atoms with Gasteiger partial charge in [0.2, 0.25) is 5.91 Å². The molecule has 4 rings (SSSR count). The maximum atomic E-state index is 13.0. The van der Waals surface area contributed by atoms with Crippen LogP contribution in [0.3, 0.4) is 0 Å². The number of halogens is 2. The summed E-state index contributed by atoms with van der Waals surface area (Å²) < 4.78 is 5.01. The Bertz CT molecular complexity index is 983. The molecule has 1 fully saturated rings. The SMILES string of the molecule is COC(=O)c1c(NC(=O)C2CCN(Cc3ccc(Cl)cc3Cl)CC2)sc2c1CCCC2. The number of nitrogens with one attached hydrogen (secondary N) is 1. The maximum absolute atomic E-state index is 13.0. The number of anilines is 1. The quantitative estimate of drug-likeness (QED) is 0.568. The summed E-state index contributed by atoms with van der Waals surface area (Å²) in [6, 6.07) is 5.57. The molecule has 1 amide bonds. The van der Waals surface area contributed by atoms with Crippen molar-refractivity contribution in [3.05, 3.63) is 49.8 Å². The maximum Gasteiger partial charge on any atom is 0.341 e. The number of nitrogens with zero attached hydrogens (tertiary/aromatic N) is 1. The third-order valence-corrected chi connectivity index (χ3v) is 7.96. The highest BCUT2D eigenvalue weighted by Crippen LogP contribution is 2.39. The van der Waals surface area contributed by atoms with E-state index in [-0.39, 0.29) is 17.8 Å². The minimum absolute atomic E-state index is 0.00655. The van der Waals surface area contributed by atoms with Gasteiger partial charge in [-0.3, -0.25) is 9.69 Å². The number of esters is 1. The summed E-state index contributed by atoms with van der Waals surface area (Å²) in [6.07, 6.45) is 5.57. The molecule has 0 saturated carbocycles. The summed E-state index contributed by atoms with van der Waals surface area (Å²) in [4.78, 5) is 28.9. The Morgan fingerprint density at radius 1 is 1.19 bits per heavy atom. The minimum Gasteiger partial charge on any atom is -0.465 e. The number of carbonyl (C=O) groups is 2. The van der Waals surface area contributed by atoms with Gasteiger partial charge in [0, 0.05) is 27.4 Å². The Kier molecular flexibility index (Phi) is 7.22. The zero-order valence-electron chi connectivity index (χ0n) is 17.5. The van der Waals surface area contributed by atoms with Crippen molar-refractivity contribution in [2.24, 2.45) is 5.92 Å². The van der Waals surface area contributed by atoms with Gasteiger partial charge in [-0.1, -0.05) is 29.3 Å². The number of fused-ring (bicyclic) bond motifs is 1. The minimum atomic E-state index is -0.357. The number of hydrogen-bond donors (Lipinski definition) is 1. The summed E-state index contributed by atoms with van der Waals surface area (Å²) in [6.45, 7) is 2.39. The van der Waals surface area contributed by atoms with Crippen LogP contribution in [0.1, 0.15) is 52.0 Å². The van der Waals surface area contributed by atoms with Crippen LogP contribution < -0.4 is 5.32 Å². The second-order valence-electron chi connectivity index (χ2n) is 8.18. The highest BCUT2D eigenvalue weighted by Gasteiger charge is 2.30. The molecule has 166 valence electrons. The van der Waals surface area contributed by atoms with Gasteiger partial charge in [0.1, 0.15) is 5.00 Å². The van der Waals surface area contributed by atoms with E-state index in [4.69, 9.17) is 27.9 Å². The number of ether oxygens (including phenoxy) is 1. The Hall–Kier alpha value is -1.60. The molecule has 2 heterocycles. The number of aryl methyl sites for hydroxylation is 1. The van der Waals surface area contributed by atoms with Crippen molar-refractivity contribution in [1.29, 1.82) is 0 Å². The van der Waals surface area contributed by atoms with Crippen molar-refractivity contribution in [2.45, 2.75) is 45.1 Å². The van der Waals surface area contributed by atoms with Gasteiger partial charge in [0.25, 0.3) is 0 Å². The lowest BCUT2D eigenvalue weighted by molar-refractivity contribution is -0.121. The van der Waals surface area contributed by atoms with Crippen LogP contribution in [0.5, 0.6) is 0 Å². The van der Waals surface area contributed by atoms with Crippen LogP contribution in [0, 0.1) is 5.92 Å². The van der Waals surface area contributed by atoms with Crippen LogP contribution in [-0.2, 0) is 28.9 Å². The van der Waals surface area contributed by atoms with Crippen molar-refractivity contribution < 1.29 is 14.3 Å². The predicted molar refractivity (Wildman–Crippen MR) is 125 cm³/mol. The highest BCUT2D eigenvalue weighted by molar-refractivity contribution is 7.17. The monoisotopic (exact) mass is 480 g/mol. The van der Waals surface area contributed by atoms with E-state index < -0.39 is 0 Å². The van der Waals surface area contributed by atoms with E-state index in [2.05, 4.69) is 10.2 Å². The van der Waals surface area contributed by atoms with E-state index in [0.717, 1.165) is 69.3 Å². The van der Waals surface area contributed by atoms with Gasteiger partial charge >= 0.3 is 5.97 Å². The average Bonchev–Trinajstić information content (AvgIpc) is 3.13. The molecule has 0 unspecified atom stereocenters. The van der Waals surface area contributed by atoms with E-state index in [1.165, 1.54) is 23.3 Å². The first-order valence-electron chi connectivity index (χ1n) is 10.7. The molecule has 8 heteroatoms. The number of likely N-dealkylation sites (tertiary alicyclic amines) is 1. The first-order valence-corrected chi connectivity index (χ1v) is 12.2. The molecule has 2 aromatic rings. The molecule has 31 heavy (non-hydrogen) atoms. The van der Waals surface area contributed by atoms with Crippen LogP contribution in [0.2, 0.25) is 10.0 Å². The largest absolute Gasteiger partial charge is 0.465 e. The highest BCUT2D eigenvalue weighted by atomic mass is 35.5. The van der Waals surface area contributed by atoms with Crippen LogP contribution in [-0.4, -0.2) is 37.0 Å². The van der Waals surface area contributed by atoms with Crippen LogP contribution in [0.25, 0.3) is 0 Å². The molecule has 1 N–H and O–H groups in total. The molecule has 1 saturated heterocycles. The van der Waals surface area contributed by atoms with Crippen molar-refractivity contribution >= 4 is 51.4 Å². The number of methoxy groups -OCH3 is 1. The van der Waals surface area contributed by atoms with Gasteiger partial charge in [0.15, 0.2) is 0 Å². The molecule has 5 nitrogen and oxygen atoms in total. The molecular formula is C23H26Cl2N2O3S. The van der Waals surface area contributed by atoms with E-state index in [0.29, 0.717) is 20.6 Å². The Morgan fingerprint density at radius 2 is 1.94 bits per heavy atom. The van der Waals surface area contributed by atoms with Crippen molar-refractivity contribution in [2.75, 3.05) is 25.5 Å². The topological polar surface area (TPSA) is 58.6 Å². The smallest absolute Gasteiger partial charge is 0.341 e. The first-order chi connectivity index (χ1) is 15.0. The molecule has 1 aliphatic heterocycles. The molecule has 0 spiro atoms. The second-order valence-corrected chi connectivity index (χ2v) is 10.1. The number of thiophene rings is 1. The fraction of sp³-hybridized carbons (Fsp3) is 0.478. The Morgan fingerprint density at radius 3 is 2.65 bits per heavy atom. The van der Waals surface area contributed by atoms with Gasteiger partial charge in [-0.05, 0) is 74.9 Å². The Labute approximate surface area is 196 Å². The van der Waals surface area contributed by atoms with E-state index in [1.54, 1.807) is 6.07 Å². The summed E-state index contributed by atoms with van der Waals surface area (Å²) >= 11 is 13.8. The number of benzene rings is 1. The molecule has 0 atom stereocenters. The molecule has 1 aromatic carbocycles. The average molecular weight is 481 g/mol. The lowest BCUT2D eigenvalue weighted by Gasteiger charge is -2.31. The third-order valence-electron chi connectivity index (χ3n) is 6.16. The standard InChI is InChI=1S/C23H26Cl2N2O3S/c1-30-23(29)20-17-4-2-3-5-19(17)31-22(20)26-21(28)14-8-10-27(11-9-14)13-15-6-7-16(24)12-18(15)25/h6-7,12,14H,2-5,8-11,13H2,1H3,(H,26,28). The normalized spacial score (nSPS) is 17.3. The summed E-state index contributed by atoms with van der Waals surface area (Å²) in [7, 11) is 1.39. The molecule has 0 bridgehead atoms. The van der Waals surface area contributed by atoms with Crippen molar-refractivity contribution in [3.63, 3.8) is 0 Å². The number of carbonyl (C=O) groups excluding carboxylic acids is 2. The summed E-state index contributed by atoms with van der Waals surface area (Å²) in [5.74, 6) is -0.432. The zero-order chi connectivity index (χ0) is 22.0. The first kappa shape index (κ1) is 22.6. The van der Waals surface area contributed by atoms with Gasteiger partial charge < -0.3 is 10.1 Å². The fourth-order valence-corrected chi connectivity index (χ4v) is 6.18. The van der Waals surface area contributed by atoms with Crippen LogP contribution >= 0.6 is 34.5 Å². The lowest BCUT2D eigenvalue weighted by atomic mass is 9.94. The number of rotatable bonds is 5. The lowest BCUT2D eigenvalue weighted by Crippen LogP contribution is -2.37. The van der Waals surface area contributed by atoms with Crippen LogP contribution in [0.15, 0.2) is 18.2 Å². The van der Waals surface area contributed by atoms with Crippen LogP contribution in [0.4, 0.5) is 5.00 Å². The molecule has 1 aromatic heterocycles.